The van der Waals surface area contributed by atoms with Gasteiger partial charge in [0.25, 0.3) is 0 Å². The summed E-state index contributed by atoms with van der Waals surface area (Å²) in [5.41, 5.74) is -1.04. The van der Waals surface area contributed by atoms with Crippen LogP contribution in [0.4, 0.5) is 0 Å². The molecule has 0 spiro atoms. The minimum atomic E-state index is -2.99. The van der Waals surface area contributed by atoms with Crippen LogP contribution in [-0.2, 0) is 4.57 Å². The summed E-state index contributed by atoms with van der Waals surface area (Å²) in [6, 6.07) is 18.7. The number of hydrogen-bond donors (Lipinski definition) is 1. The Kier molecular flexibility index (Phi) is 4.88. The fourth-order valence-electron chi connectivity index (χ4n) is 2.05. The van der Waals surface area contributed by atoms with Crippen molar-refractivity contribution in [2.75, 3.05) is 0 Å². The molecule has 0 heterocycles. The maximum Gasteiger partial charge on any atom is 0.177 e. The smallest absolute Gasteiger partial charge is 0.177 e. The highest BCUT2D eigenvalue weighted by atomic mass is 79.9. The topological polar surface area (TPSA) is 37.3 Å². The van der Waals surface area contributed by atoms with Crippen molar-refractivity contribution in [3.63, 3.8) is 0 Å². The molecule has 0 atom stereocenters. The van der Waals surface area contributed by atoms with Gasteiger partial charge in [-0.1, -0.05) is 60.7 Å². The molecule has 21 heavy (non-hydrogen) atoms. The predicted molar refractivity (Wildman–Crippen MR) is 93.1 cm³/mol. The van der Waals surface area contributed by atoms with Crippen molar-refractivity contribution < 1.29 is 9.67 Å². The van der Waals surface area contributed by atoms with E-state index in [2.05, 4.69) is 15.9 Å². The van der Waals surface area contributed by atoms with Crippen LogP contribution in [0.1, 0.15) is 13.8 Å². The monoisotopic (exact) mass is 364 g/mol. The molecule has 0 radical (unpaired) electrons. The van der Waals surface area contributed by atoms with Gasteiger partial charge in [0.2, 0.25) is 0 Å². The Bertz CT molecular complexity index is 629. The Morgan fingerprint density at radius 3 is 1.71 bits per heavy atom. The minimum Gasteiger partial charge on any atom is -0.386 e. The highest BCUT2D eigenvalue weighted by Gasteiger charge is 2.31. The molecule has 0 aliphatic heterocycles. The molecule has 2 aromatic carbocycles. The van der Waals surface area contributed by atoms with Crippen LogP contribution in [-0.4, -0.2) is 10.7 Å². The van der Waals surface area contributed by atoms with Gasteiger partial charge in [0, 0.05) is 10.6 Å². The molecule has 110 valence electrons. The predicted octanol–water partition coefficient (Wildman–Crippen LogP) is 4.01. The molecular weight excluding hydrogens is 347 g/mol. The van der Waals surface area contributed by atoms with Crippen molar-refractivity contribution in [1.29, 1.82) is 0 Å². The molecule has 0 aromatic heterocycles. The zero-order chi connectivity index (χ0) is 15.5. The van der Waals surface area contributed by atoms with E-state index in [1.165, 1.54) is 0 Å². The number of benzene rings is 2. The lowest BCUT2D eigenvalue weighted by atomic mass is 10.1. The van der Waals surface area contributed by atoms with Gasteiger partial charge in [0.15, 0.2) is 7.14 Å². The van der Waals surface area contributed by atoms with Crippen molar-refractivity contribution in [3.05, 3.63) is 71.0 Å². The lowest BCUT2D eigenvalue weighted by Gasteiger charge is -2.21. The van der Waals surface area contributed by atoms with Crippen molar-refractivity contribution in [2.45, 2.75) is 19.4 Å². The van der Waals surface area contributed by atoms with Gasteiger partial charge in [-0.25, -0.2) is 0 Å². The summed E-state index contributed by atoms with van der Waals surface area (Å²) in [6.45, 7) is 3.32. The molecule has 2 aromatic rings. The average molecular weight is 365 g/mol. The number of aliphatic hydroxyl groups is 1. The fraction of sp³-hybridized carbons (Fsp3) is 0.176. The third-order valence-corrected chi connectivity index (χ3v) is 7.52. The van der Waals surface area contributed by atoms with E-state index in [-0.39, 0.29) is 0 Å². The van der Waals surface area contributed by atoms with E-state index >= 15 is 0 Å². The standard InChI is InChI=1S/C17H18BrO2P/c1-17(2,19)13-16(18)21(20,14-9-5-3-6-10-14)15-11-7-4-8-12-15/h3-13,19H,1-2H3/b16-13-. The average Bonchev–Trinajstić information content (AvgIpc) is 2.46. The van der Waals surface area contributed by atoms with Crippen molar-refractivity contribution in [2.24, 2.45) is 0 Å². The van der Waals surface area contributed by atoms with Gasteiger partial charge in [-0.05, 0) is 35.9 Å². The molecule has 0 saturated carbocycles. The highest BCUT2D eigenvalue weighted by molar-refractivity contribution is 9.13. The van der Waals surface area contributed by atoms with Gasteiger partial charge in [0.05, 0.1) is 9.82 Å². The van der Waals surface area contributed by atoms with Gasteiger partial charge >= 0.3 is 0 Å². The first-order valence-electron chi connectivity index (χ1n) is 6.66. The molecule has 0 saturated heterocycles. The van der Waals surface area contributed by atoms with Crippen LogP contribution in [0, 0.1) is 0 Å². The highest BCUT2D eigenvalue weighted by Crippen LogP contribution is 2.55. The molecule has 0 amide bonds. The maximum atomic E-state index is 13.8. The molecule has 1 N–H and O–H groups in total. The van der Waals surface area contributed by atoms with Crippen LogP contribution in [0.15, 0.2) is 71.0 Å². The second-order valence-electron chi connectivity index (χ2n) is 5.40. The summed E-state index contributed by atoms with van der Waals surface area (Å²) in [7, 11) is -2.99. The third kappa shape index (κ3) is 3.74. The minimum absolute atomic E-state index is 0.514. The molecular formula is C17H18BrO2P. The van der Waals surface area contributed by atoms with E-state index in [0.29, 0.717) is 4.22 Å². The molecule has 0 bridgehead atoms. The van der Waals surface area contributed by atoms with Crippen molar-refractivity contribution in [3.8, 4) is 0 Å². The Balaban J connectivity index is 2.67. The molecule has 0 aliphatic carbocycles. The van der Waals surface area contributed by atoms with Crippen LogP contribution in [0.25, 0.3) is 0 Å². The second-order valence-corrected chi connectivity index (χ2v) is 9.60. The lowest BCUT2D eigenvalue weighted by Crippen LogP contribution is -2.19. The van der Waals surface area contributed by atoms with Crippen molar-refractivity contribution in [1.82, 2.24) is 0 Å². The first kappa shape index (κ1) is 16.2. The maximum absolute atomic E-state index is 13.8. The van der Waals surface area contributed by atoms with Gasteiger partial charge < -0.3 is 9.67 Å². The molecule has 0 unspecified atom stereocenters. The third-order valence-electron chi connectivity index (χ3n) is 3.01. The summed E-state index contributed by atoms with van der Waals surface area (Å²) >= 11 is 3.45. The van der Waals surface area contributed by atoms with Gasteiger partial charge in [0.1, 0.15) is 0 Å². The lowest BCUT2D eigenvalue weighted by molar-refractivity contribution is 0.133. The van der Waals surface area contributed by atoms with Gasteiger partial charge in [-0.2, -0.15) is 0 Å². The molecule has 0 fully saturated rings. The summed E-state index contributed by atoms with van der Waals surface area (Å²) in [5.74, 6) is 0. The number of halogens is 1. The summed E-state index contributed by atoms with van der Waals surface area (Å²) < 4.78 is 14.3. The molecule has 4 heteroatoms. The normalized spacial score (nSPS) is 13.2. The SMILES string of the molecule is CC(C)(O)/C=C(/Br)P(=O)(c1ccccc1)c1ccccc1. The summed E-state index contributed by atoms with van der Waals surface area (Å²) in [6.07, 6.45) is 1.60. The van der Waals surface area contributed by atoms with E-state index in [1.807, 2.05) is 60.7 Å². The van der Waals surface area contributed by atoms with E-state index in [9.17, 15) is 9.67 Å². The zero-order valence-electron chi connectivity index (χ0n) is 12.0. The Labute approximate surface area is 134 Å². The first-order chi connectivity index (χ1) is 9.84. The summed E-state index contributed by atoms with van der Waals surface area (Å²) in [4.78, 5) is 0. The molecule has 0 aliphatic rings. The molecule has 2 nitrogen and oxygen atoms in total. The van der Waals surface area contributed by atoms with E-state index < -0.39 is 12.7 Å². The van der Waals surface area contributed by atoms with Crippen molar-refractivity contribution >= 4 is 33.7 Å². The van der Waals surface area contributed by atoms with E-state index in [4.69, 9.17) is 0 Å². The Morgan fingerprint density at radius 2 is 1.38 bits per heavy atom. The first-order valence-corrected chi connectivity index (χ1v) is 9.16. The largest absolute Gasteiger partial charge is 0.386 e. The Hall–Kier alpha value is -1.15. The van der Waals surface area contributed by atoms with Gasteiger partial charge in [-0.3, -0.25) is 0 Å². The Morgan fingerprint density at radius 1 is 1.00 bits per heavy atom. The zero-order valence-corrected chi connectivity index (χ0v) is 14.5. The second kappa shape index (κ2) is 6.31. The van der Waals surface area contributed by atoms with E-state index in [1.54, 1.807) is 19.9 Å². The molecule has 2 rings (SSSR count). The number of rotatable bonds is 4. The fourth-order valence-corrected chi connectivity index (χ4v) is 6.32. The van der Waals surface area contributed by atoms with Crippen LogP contribution in [0.2, 0.25) is 0 Å². The number of hydrogen-bond acceptors (Lipinski definition) is 2. The quantitative estimate of drug-likeness (QED) is 0.832. The van der Waals surface area contributed by atoms with Crippen LogP contribution in [0.3, 0.4) is 0 Å². The van der Waals surface area contributed by atoms with Crippen LogP contribution < -0.4 is 10.6 Å². The van der Waals surface area contributed by atoms with Crippen LogP contribution in [0.5, 0.6) is 0 Å². The van der Waals surface area contributed by atoms with Gasteiger partial charge in [-0.15, -0.1) is 0 Å². The summed E-state index contributed by atoms with van der Waals surface area (Å²) in [5, 5.41) is 11.5. The van der Waals surface area contributed by atoms with E-state index in [0.717, 1.165) is 10.6 Å². The van der Waals surface area contributed by atoms with Crippen LogP contribution >= 0.6 is 23.1 Å².